The minimum absolute atomic E-state index is 0.109. The first kappa shape index (κ1) is 14.9. The minimum atomic E-state index is 0.109. The molecule has 4 heteroatoms. The minimum Gasteiger partial charge on any atom is -0.378 e. The van der Waals surface area contributed by atoms with Gasteiger partial charge in [0.2, 0.25) is 5.91 Å². The number of unbranched alkanes of at least 4 members (excludes halogenated alkanes) is 2. The summed E-state index contributed by atoms with van der Waals surface area (Å²) in [6, 6.07) is 8.06. The highest BCUT2D eigenvalue weighted by Gasteiger charge is 2.11. The standard InChI is InChI=1S/C16H24N2O2/c1-2-3-4-8-16(19)17-14-6-5-7-15(13-14)18-9-11-20-12-10-18/h5-7,13H,2-4,8-12H2,1H3,(H,17,19). The van der Waals surface area contributed by atoms with Gasteiger partial charge in [-0.15, -0.1) is 0 Å². The summed E-state index contributed by atoms with van der Waals surface area (Å²) in [6.45, 7) is 5.51. The van der Waals surface area contributed by atoms with Gasteiger partial charge in [-0.1, -0.05) is 25.8 Å². The molecule has 0 unspecified atom stereocenters. The van der Waals surface area contributed by atoms with Gasteiger partial charge in [0.05, 0.1) is 13.2 Å². The van der Waals surface area contributed by atoms with E-state index < -0.39 is 0 Å². The fraction of sp³-hybridized carbons (Fsp3) is 0.562. The highest BCUT2D eigenvalue weighted by molar-refractivity contribution is 5.91. The first-order chi connectivity index (χ1) is 9.79. The van der Waals surface area contributed by atoms with Gasteiger partial charge in [-0.2, -0.15) is 0 Å². The topological polar surface area (TPSA) is 41.6 Å². The molecule has 1 aromatic carbocycles. The number of anilines is 2. The van der Waals surface area contributed by atoms with E-state index in [1.807, 2.05) is 18.2 Å². The smallest absolute Gasteiger partial charge is 0.224 e. The van der Waals surface area contributed by atoms with Gasteiger partial charge in [0.15, 0.2) is 0 Å². The largest absolute Gasteiger partial charge is 0.378 e. The van der Waals surface area contributed by atoms with E-state index in [-0.39, 0.29) is 5.91 Å². The third kappa shape index (κ3) is 4.53. The predicted molar refractivity (Wildman–Crippen MR) is 82.2 cm³/mol. The molecule has 0 spiro atoms. The number of morpholine rings is 1. The van der Waals surface area contributed by atoms with Crippen LogP contribution < -0.4 is 10.2 Å². The van der Waals surface area contributed by atoms with E-state index in [0.29, 0.717) is 6.42 Å². The number of nitrogens with zero attached hydrogens (tertiary/aromatic N) is 1. The first-order valence-electron chi connectivity index (χ1n) is 7.52. The second-order valence-electron chi connectivity index (χ2n) is 5.16. The van der Waals surface area contributed by atoms with E-state index in [1.165, 1.54) is 0 Å². The normalized spacial score (nSPS) is 15.2. The number of rotatable bonds is 6. The summed E-state index contributed by atoms with van der Waals surface area (Å²) in [5.41, 5.74) is 2.04. The van der Waals surface area contributed by atoms with Gasteiger partial charge in [0.1, 0.15) is 0 Å². The van der Waals surface area contributed by atoms with E-state index in [4.69, 9.17) is 4.74 Å². The lowest BCUT2D eigenvalue weighted by molar-refractivity contribution is -0.116. The maximum absolute atomic E-state index is 11.8. The second kappa shape index (κ2) is 7.90. The van der Waals surface area contributed by atoms with Crippen molar-refractivity contribution in [1.82, 2.24) is 0 Å². The van der Waals surface area contributed by atoms with E-state index in [0.717, 1.165) is 56.9 Å². The van der Waals surface area contributed by atoms with Crippen LogP contribution in [0.2, 0.25) is 0 Å². The molecule has 4 nitrogen and oxygen atoms in total. The van der Waals surface area contributed by atoms with Crippen molar-refractivity contribution in [3.05, 3.63) is 24.3 Å². The molecule has 1 heterocycles. The van der Waals surface area contributed by atoms with Gasteiger partial charge in [0, 0.05) is 30.9 Å². The molecule has 1 amide bonds. The lowest BCUT2D eigenvalue weighted by Gasteiger charge is -2.29. The van der Waals surface area contributed by atoms with E-state index in [9.17, 15) is 4.79 Å². The Morgan fingerprint density at radius 3 is 2.85 bits per heavy atom. The van der Waals surface area contributed by atoms with Gasteiger partial charge in [0.25, 0.3) is 0 Å². The van der Waals surface area contributed by atoms with Crippen LogP contribution in [-0.2, 0) is 9.53 Å². The number of nitrogens with one attached hydrogen (secondary N) is 1. The van der Waals surface area contributed by atoms with E-state index >= 15 is 0 Å². The van der Waals surface area contributed by atoms with Crippen LogP contribution in [0, 0.1) is 0 Å². The summed E-state index contributed by atoms with van der Waals surface area (Å²) in [7, 11) is 0. The summed E-state index contributed by atoms with van der Waals surface area (Å²) >= 11 is 0. The van der Waals surface area contributed by atoms with Crippen molar-refractivity contribution in [2.24, 2.45) is 0 Å². The van der Waals surface area contributed by atoms with Crippen LogP contribution in [0.1, 0.15) is 32.6 Å². The number of amides is 1. The van der Waals surface area contributed by atoms with E-state index in [2.05, 4.69) is 23.2 Å². The van der Waals surface area contributed by atoms with Crippen molar-refractivity contribution in [2.75, 3.05) is 36.5 Å². The van der Waals surface area contributed by atoms with Crippen LogP contribution in [0.4, 0.5) is 11.4 Å². The van der Waals surface area contributed by atoms with Gasteiger partial charge in [-0.05, 0) is 24.6 Å². The quantitative estimate of drug-likeness (QED) is 0.812. The molecule has 0 atom stereocenters. The monoisotopic (exact) mass is 276 g/mol. The van der Waals surface area contributed by atoms with Crippen LogP contribution >= 0.6 is 0 Å². The zero-order valence-corrected chi connectivity index (χ0v) is 12.2. The molecule has 1 N–H and O–H groups in total. The molecular formula is C16H24N2O2. The molecule has 0 radical (unpaired) electrons. The molecule has 1 aromatic rings. The molecule has 0 aliphatic carbocycles. The zero-order valence-electron chi connectivity index (χ0n) is 12.2. The molecule has 0 saturated carbocycles. The molecule has 1 saturated heterocycles. The molecule has 1 fully saturated rings. The molecule has 110 valence electrons. The van der Waals surface area contributed by atoms with Gasteiger partial charge in [-0.3, -0.25) is 4.79 Å². The second-order valence-corrected chi connectivity index (χ2v) is 5.16. The number of hydrogen-bond acceptors (Lipinski definition) is 3. The summed E-state index contributed by atoms with van der Waals surface area (Å²) in [4.78, 5) is 14.1. The number of carbonyl (C=O) groups is 1. The average Bonchev–Trinajstić information content (AvgIpc) is 2.49. The number of benzene rings is 1. The third-order valence-electron chi connectivity index (χ3n) is 3.51. The number of carbonyl (C=O) groups excluding carboxylic acids is 1. The summed E-state index contributed by atoms with van der Waals surface area (Å²) < 4.78 is 5.36. The Morgan fingerprint density at radius 2 is 2.10 bits per heavy atom. The Morgan fingerprint density at radius 1 is 1.30 bits per heavy atom. The van der Waals surface area contributed by atoms with Crippen molar-refractivity contribution >= 4 is 17.3 Å². The Hall–Kier alpha value is -1.55. The lowest BCUT2D eigenvalue weighted by Crippen LogP contribution is -2.36. The Kier molecular flexibility index (Phi) is 5.87. The third-order valence-corrected chi connectivity index (χ3v) is 3.51. The Bertz CT molecular complexity index is 428. The van der Waals surface area contributed by atoms with Crippen LogP contribution in [-0.4, -0.2) is 32.2 Å². The van der Waals surface area contributed by atoms with Crippen molar-refractivity contribution in [1.29, 1.82) is 0 Å². The predicted octanol–water partition coefficient (Wildman–Crippen LogP) is 3.04. The number of ether oxygens (including phenoxy) is 1. The summed E-state index contributed by atoms with van der Waals surface area (Å²) in [5.74, 6) is 0.109. The van der Waals surface area contributed by atoms with Crippen molar-refractivity contribution < 1.29 is 9.53 Å². The van der Waals surface area contributed by atoms with Crippen molar-refractivity contribution in [2.45, 2.75) is 32.6 Å². The van der Waals surface area contributed by atoms with Crippen LogP contribution in [0.3, 0.4) is 0 Å². The number of hydrogen-bond donors (Lipinski definition) is 1. The molecule has 1 aliphatic heterocycles. The van der Waals surface area contributed by atoms with Gasteiger partial charge >= 0.3 is 0 Å². The lowest BCUT2D eigenvalue weighted by atomic mass is 10.2. The molecule has 0 bridgehead atoms. The fourth-order valence-corrected chi connectivity index (χ4v) is 2.36. The maximum Gasteiger partial charge on any atom is 0.224 e. The van der Waals surface area contributed by atoms with Crippen LogP contribution in [0.5, 0.6) is 0 Å². The fourth-order valence-electron chi connectivity index (χ4n) is 2.36. The Balaban J connectivity index is 1.90. The molecule has 0 aromatic heterocycles. The maximum atomic E-state index is 11.8. The van der Waals surface area contributed by atoms with E-state index in [1.54, 1.807) is 0 Å². The van der Waals surface area contributed by atoms with Crippen LogP contribution in [0.25, 0.3) is 0 Å². The van der Waals surface area contributed by atoms with Gasteiger partial charge < -0.3 is 15.0 Å². The molecule has 2 rings (SSSR count). The highest BCUT2D eigenvalue weighted by Crippen LogP contribution is 2.20. The SMILES string of the molecule is CCCCCC(=O)Nc1cccc(N2CCOCC2)c1. The summed E-state index contributed by atoms with van der Waals surface area (Å²) in [6.07, 6.45) is 3.82. The average molecular weight is 276 g/mol. The zero-order chi connectivity index (χ0) is 14.2. The Labute approximate surface area is 121 Å². The highest BCUT2D eigenvalue weighted by atomic mass is 16.5. The van der Waals surface area contributed by atoms with Crippen molar-refractivity contribution in [3.8, 4) is 0 Å². The van der Waals surface area contributed by atoms with Gasteiger partial charge in [-0.25, -0.2) is 0 Å². The van der Waals surface area contributed by atoms with Crippen LogP contribution in [0.15, 0.2) is 24.3 Å². The molecule has 1 aliphatic rings. The van der Waals surface area contributed by atoms with Crippen molar-refractivity contribution in [3.63, 3.8) is 0 Å². The summed E-state index contributed by atoms with van der Waals surface area (Å²) in [5, 5.41) is 2.98. The molecular weight excluding hydrogens is 252 g/mol. The first-order valence-corrected chi connectivity index (χ1v) is 7.52. The molecule has 20 heavy (non-hydrogen) atoms.